The topological polar surface area (TPSA) is 82.1 Å². The first-order chi connectivity index (χ1) is 12.9. The average molecular weight is 382 g/mol. The van der Waals surface area contributed by atoms with Gasteiger partial charge in [0.25, 0.3) is 5.56 Å². The van der Waals surface area contributed by atoms with Gasteiger partial charge >= 0.3 is 0 Å². The van der Waals surface area contributed by atoms with Crippen molar-refractivity contribution in [1.82, 2.24) is 9.36 Å². The minimum absolute atomic E-state index is 0.220. The van der Waals surface area contributed by atoms with Crippen molar-refractivity contribution in [2.24, 2.45) is 7.05 Å². The molecule has 1 heterocycles. The van der Waals surface area contributed by atoms with Crippen LogP contribution in [0.4, 0.5) is 11.4 Å². The fourth-order valence-corrected chi connectivity index (χ4v) is 3.61. The highest BCUT2D eigenvalue weighted by atomic mass is 32.2. The maximum atomic E-state index is 12.9. The van der Waals surface area contributed by atoms with Crippen LogP contribution >= 0.6 is 11.8 Å². The molecule has 1 atom stereocenters. The summed E-state index contributed by atoms with van der Waals surface area (Å²) in [5.74, 6) is -0.220. The molecular weight excluding hydrogens is 360 g/mol. The molecule has 0 saturated heterocycles. The van der Waals surface area contributed by atoms with E-state index < -0.39 is 0 Å². The summed E-state index contributed by atoms with van der Waals surface area (Å²) in [7, 11) is 1.80. The smallest absolute Gasteiger partial charge is 0.295 e. The molecule has 2 aromatic carbocycles. The van der Waals surface area contributed by atoms with Crippen LogP contribution in [0.3, 0.4) is 0 Å². The number of hydrogen-bond donors (Lipinski definition) is 2. The molecule has 6 nitrogen and oxygen atoms in total. The van der Waals surface area contributed by atoms with Crippen molar-refractivity contribution < 1.29 is 4.79 Å². The Balaban J connectivity index is 1.82. The van der Waals surface area contributed by atoms with Crippen molar-refractivity contribution in [2.45, 2.75) is 24.0 Å². The van der Waals surface area contributed by atoms with Crippen molar-refractivity contribution in [3.8, 4) is 5.69 Å². The van der Waals surface area contributed by atoms with E-state index in [2.05, 4.69) is 5.32 Å². The van der Waals surface area contributed by atoms with Crippen LogP contribution < -0.4 is 16.6 Å². The van der Waals surface area contributed by atoms with Gasteiger partial charge < -0.3 is 11.1 Å². The van der Waals surface area contributed by atoms with Gasteiger partial charge in [0.15, 0.2) is 0 Å². The molecule has 3 N–H and O–H groups in total. The van der Waals surface area contributed by atoms with Gasteiger partial charge in [-0.25, -0.2) is 4.68 Å². The van der Waals surface area contributed by atoms with Crippen molar-refractivity contribution >= 4 is 29.0 Å². The van der Waals surface area contributed by atoms with Gasteiger partial charge in [-0.1, -0.05) is 18.2 Å². The number of hydrogen-bond acceptors (Lipinski definition) is 4. The molecule has 0 aliphatic carbocycles. The summed E-state index contributed by atoms with van der Waals surface area (Å²) in [6.45, 7) is 3.62. The predicted octanol–water partition coefficient (Wildman–Crippen LogP) is 3.19. The SMILES string of the molecule is Cc1c(NC(=O)C(C)Sc2ccc(N)cc2)c(=O)n(-c2ccccc2)n1C. The number of para-hydroxylation sites is 1. The summed E-state index contributed by atoms with van der Waals surface area (Å²) in [5.41, 5.74) is 7.86. The van der Waals surface area contributed by atoms with Crippen LogP contribution in [0.5, 0.6) is 0 Å². The summed E-state index contributed by atoms with van der Waals surface area (Å²) >= 11 is 1.42. The van der Waals surface area contributed by atoms with Crippen LogP contribution in [0.2, 0.25) is 0 Å². The lowest BCUT2D eigenvalue weighted by atomic mass is 10.3. The van der Waals surface area contributed by atoms with Crippen LogP contribution in [-0.4, -0.2) is 20.5 Å². The van der Waals surface area contributed by atoms with E-state index in [1.165, 1.54) is 11.8 Å². The van der Waals surface area contributed by atoms with Gasteiger partial charge in [0.2, 0.25) is 5.91 Å². The monoisotopic (exact) mass is 382 g/mol. The Morgan fingerprint density at radius 3 is 2.37 bits per heavy atom. The van der Waals surface area contributed by atoms with E-state index >= 15 is 0 Å². The van der Waals surface area contributed by atoms with Crippen molar-refractivity contribution in [3.63, 3.8) is 0 Å². The molecule has 0 spiro atoms. The quantitative estimate of drug-likeness (QED) is 0.524. The molecule has 0 saturated carbocycles. The minimum Gasteiger partial charge on any atom is -0.399 e. The number of nitrogens with one attached hydrogen (secondary N) is 1. The van der Waals surface area contributed by atoms with Crippen LogP contribution in [0.15, 0.2) is 64.3 Å². The van der Waals surface area contributed by atoms with Gasteiger partial charge in [-0.15, -0.1) is 11.8 Å². The number of nitrogens with two attached hydrogens (primary N) is 1. The molecule has 3 aromatic rings. The molecule has 1 amide bonds. The Labute approximate surface area is 162 Å². The number of nitrogen functional groups attached to an aromatic ring is 1. The maximum Gasteiger partial charge on any atom is 0.295 e. The predicted molar refractivity (Wildman–Crippen MR) is 111 cm³/mol. The third-order valence-electron chi connectivity index (χ3n) is 4.36. The second kappa shape index (κ2) is 7.75. The lowest BCUT2D eigenvalue weighted by molar-refractivity contribution is -0.115. The summed E-state index contributed by atoms with van der Waals surface area (Å²) in [6.07, 6.45) is 0. The minimum atomic E-state index is -0.363. The average Bonchev–Trinajstić information content (AvgIpc) is 2.87. The van der Waals surface area contributed by atoms with Gasteiger partial charge in [-0.3, -0.25) is 14.3 Å². The highest BCUT2D eigenvalue weighted by molar-refractivity contribution is 8.00. The Bertz CT molecular complexity index is 1010. The van der Waals surface area contributed by atoms with Crippen molar-refractivity contribution in [2.75, 3.05) is 11.1 Å². The first-order valence-corrected chi connectivity index (χ1v) is 9.43. The number of rotatable bonds is 5. The largest absolute Gasteiger partial charge is 0.399 e. The van der Waals surface area contributed by atoms with E-state index in [9.17, 15) is 9.59 Å². The molecule has 0 aliphatic heterocycles. The zero-order valence-electron chi connectivity index (χ0n) is 15.5. The number of amides is 1. The summed E-state index contributed by atoms with van der Waals surface area (Å²) in [6, 6.07) is 16.7. The summed E-state index contributed by atoms with van der Waals surface area (Å²) < 4.78 is 3.29. The Kier molecular flexibility index (Phi) is 5.41. The molecule has 27 heavy (non-hydrogen) atoms. The van der Waals surface area contributed by atoms with E-state index in [0.29, 0.717) is 17.1 Å². The van der Waals surface area contributed by atoms with Gasteiger partial charge in [-0.2, -0.15) is 0 Å². The van der Waals surface area contributed by atoms with E-state index in [-0.39, 0.29) is 16.7 Å². The maximum absolute atomic E-state index is 12.9. The van der Waals surface area contributed by atoms with E-state index in [0.717, 1.165) is 10.6 Å². The summed E-state index contributed by atoms with van der Waals surface area (Å²) in [4.78, 5) is 26.4. The van der Waals surface area contributed by atoms with Crippen LogP contribution in [-0.2, 0) is 11.8 Å². The molecule has 3 rings (SSSR count). The van der Waals surface area contributed by atoms with Crippen molar-refractivity contribution in [1.29, 1.82) is 0 Å². The highest BCUT2D eigenvalue weighted by Gasteiger charge is 2.21. The molecule has 0 fully saturated rings. The second-order valence-corrected chi connectivity index (χ2v) is 7.67. The van der Waals surface area contributed by atoms with Gasteiger partial charge in [0.1, 0.15) is 5.69 Å². The number of benzene rings is 2. The fraction of sp³-hybridized carbons (Fsp3) is 0.200. The van der Waals surface area contributed by atoms with Gasteiger partial charge in [0, 0.05) is 17.6 Å². The number of carbonyl (C=O) groups excluding carboxylic acids is 1. The molecular formula is C20H22N4O2S. The molecule has 0 radical (unpaired) electrons. The number of thioether (sulfide) groups is 1. The normalized spacial score (nSPS) is 12.0. The second-order valence-electron chi connectivity index (χ2n) is 6.25. The highest BCUT2D eigenvalue weighted by Crippen LogP contribution is 2.25. The molecule has 0 aliphatic rings. The van der Waals surface area contributed by atoms with E-state index in [4.69, 9.17) is 5.73 Å². The third-order valence-corrected chi connectivity index (χ3v) is 5.48. The molecule has 1 aromatic heterocycles. The van der Waals surface area contributed by atoms with Crippen LogP contribution in [0.25, 0.3) is 5.69 Å². The standard InChI is InChI=1S/C20H22N4O2S/c1-13-18(20(26)24(23(13)3)16-7-5-4-6-8-16)22-19(25)14(2)27-17-11-9-15(21)10-12-17/h4-12,14H,21H2,1-3H3,(H,22,25). The van der Waals surface area contributed by atoms with Crippen LogP contribution in [0, 0.1) is 6.92 Å². The number of aromatic nitrogens is 2. The molecule has 7 heteroatoms. The number of nitrogens with zero attached hydrogens (tertiary/aromatic N) is 2. The lowest BCUT2D eigenvalue weighted by Crippen LogP contribution is -2.27. The molecule has 140 valence electrons. The Morgan fingerprint density at radius 1 is 1.11 bits per heavy atom. The van der Waals surface area contributed by atoms with Crippen molar-refractivity contribution in [3.05, 3.63) is 70.6 Å². The number of carbonyl (C=O) groups is 1. The van der Waals surface area contributed by atoms with E-state index in [1.807, 2.05) is 56.3 Å². The summed E-state index contributed by atoms with van der Waals surface area (Å²) in [5, 5.41) is 2.44. The zero-order valence-corrected chi connectivity index (χ0v) is 16.3. The van der Waals surface area contributed by atoms with E-state index in [1.54, 1.807) is 28.5 Å². The first kappa shape index (κ1) is 18.8. The Hall–Kier alpha value is -2.93. The third kappa shape index (κ3) is 3.93. The van der Waals surface area contributed by atoms with Gasteiger partial charge in [-0.05, 0) is 50.2 Å². The van der Waals surface area contributed by atoms with Crippen LogP contribution in [0.1, 0.15) is 12.6 Å². The zero-order chi connectivity index (χ0) is 19.6. The fourth-order valence-electron chi connectivity index (χ4n) is 2.74. The number of anilines is 2. The molecule has 0 bridgehead atoms. The lowest BCUT2D eigenvalue weighted by Gasteiger charge is -2.11. The van der Waals surface area contributed by atoms with Gasteiger partial charge in [0.05, 0.1) is 16.6 Å². The molecule has 1 unspecified atom stereocenters. The first-order valence-electron chi connectivity index (χ1n) is 8.55. The Morgan fingerprint density at radius 2 is 1.74 bits per heavy atom.